The average Bonchev–Trinajstić information content (AvgIpc) is 2.42. The summed E-state index contributed by atoms with van der Waals surface area (Å²) < 4.78 is 0. The zero-order chi connectivity index (χ0) is 12.4. The van der Waals surface area contributed by atoms with Crippen molar-refractivity contribution >= 4 is 10.9 Å². The van der Waals surface area contributed by atoms with Gasteiger partial charge in [0.2, 0.25) is 0 Å². The monoisotopic (exact) mass is 241 g/mol. The smallest absolute Gasteiger partial charge is 0.0705 e. The molecule has 0 saturated carbocycles. The molecule has 1 N–H and O–H groups in total. The molecule has 0 aliphatic carbocycles. The molecular weight excluding hydrogens is 222 g/mol. The molecule has 3 heteroatoms. The summed E-state index contributed by atoms with van der Waals surface area (Å²) >= 11 is 0. The Morgan fingerprint density at radius 1 is 1.33 bits per heavy atom. The number of aromatic nitrogens is 1. The van der Waals surface area contributed by atoms with Crippen molar-refractivity contribution in [2.75, 3.05) is 19.6 Å². The summed E-state index contributed by atoms with van der Waals surface area (Å²) in [5.41, 5.74) is 2.48. The van der Waals surface area contributed by atoms with Crippen LogP contribution in [0.1, 0.15) is 12.5 Å². The first-order valence-electron chi connectivity index (χ1n) is 6.62. The van der Waals surface area contributed by atoms with Crippen molar-refractivity contribution < 1.29 is 0 Å². The molecule has 18 heavy (non-hydrogen) atoms. The summed E-state index contributed by atoms with van der Waals surface area (Å²) in [5.74, 6) is 0. The number of hydrogen-bond donors (Lipinski definition) is 1. The fourth-order valence-corrected chi connectivity index (χ4v) is 2.63. The molecular formula is C15H19N3. The number of benzene rings is 1. The van der Waals surface area contributed by atoms with Gasteiger partial charge < -0.3 is 5.32 Å². The van der Waals surface area contributed by atoms with Crippen LogP contribution in [0.4, 0.5) is 0 Å². The molecule has 1 fully saturated rings. The third kappa shape index (κ3) is 2.24. The number of nitrogens with zero attached hydrogens (tertiary/aromatic N) is 2. The Morgan fingerprint density at radius 2 is 2.22 bits per heavy atom. The molecule has 0 unspecified atom stereocenters. The van der Waals surface area contributed by atoms with E-state index >= 15 is 0 Å². The average molecular weight is 241 g/mol. The van der Waals surface area contributed by atoms with E-state index in [9.17, 15) is 0 Å². The minimum atomic E-state index is 0.602. The van der Waals surface area contributed by atoms with E-state index in [1.165, 1.54) is 10.9 Å². The molecule has 0 bridgehead atoms. The van der Waals surface area contributed by atoms with Crippen LogP contribution in [0.5, 0.6) is 0 Å². The molecule has 0 radical (unpaired) electrons. The SMILES string of the molecule is C[C@H]1CNCCN1Cc1ccnc2ccccc12. The third-order valence-electron chi connectivity index (χ3n) is 3.75. The lowest BCUT2D eigenvalue weighted by molar-refractivity contribution is 0.166. The van der Waals surface area contributed by atoms with E-state index < -0.39 is 0 Å². The van der Waals surface area contributed by atoms with Gasteiger partial charge in [-0.25, -0.2) is 0 Å². The number of pyridine rings is 1. The number of para-hydroxylation sites is 1. The van der Waals surface area contributed by atoms with Gasteiger partial charge in [-0.3, -0.25) is 9.88 Å². The Morgan fingerprint density at radius 3 is 3.11 bits per heavy atom. The van der Waals surface area contributed by atoms with Crippen LogP contribution in [0, 0.1) is 0 Å². The van der Waals surface area contributed by atoms with Gasteiger partial charge >= 0.3 is 0 Å². The number of piperazine rings is 1. The standard InChI is InChI=1S/C15H19N3/c1-12-10-16-8-9-18(12)11-13-6-7-17-15-5-3-2-4-14(13)15/h2-7,12,16H,8-11H2,1H3/t12-/m0/s1. The maximum Gasteiger partial charge on any atom is 0.0705 e. The quantitative estimate of drug-likeness (QED) is 0.872. The number of hydrogen-bond acceptors (Lipinski definition) is 3. The summed E-state index contributed by atoms with van der Waals surface area (Å²) in [7, 11) is 0. The van der Waals surface area contributed by atoms with Crippen molar-refractivity contribution in [2.24, 2.45) is 0 Å². The van der Waals surface area contributed by atoms with Gasteiger partial charge in [-0.15, -0.1) is 0 Å². The molecule has 94 valence electrons. The maximum absolute atomic E-state index is 4.42. The predicted molar refractivity (Wildman–Crippen MR) is 74.5 cm³/mol. The highest BCUT2D eigenvalue weighted by atomic mass is 15.2. The lowest BCUT2D eigenvalue weighted by Crippen LogP contribution is -2.49. The van der Waals surface area contributed by atoms with Gasteiger partial charge in [0, 0.05) is 43.8 Å². The van der Waals surface area contributed by atoms with E-state index in [4.69, 9.17) is 0 Å². The Balaban J connectivity index is 1.90. The molecule has 1 aromatic carbocycles. The Labute approximate surface area is 108 Å². The summed E-state index contributed by atoms with van der Waals surface area (Å²) in [4.78, 5) is 6.96. The van der Waals surface area contributed by atoms with E-state index in [2.05, 4.69) is 46.4 Å². The van der Waals surface area contributed by atoms with Gasteiger partial charge in [-0.1, -0.05) is 18.2 Å². The topological polar surface area (TPSA) is 28.2 Å². The lowest BCUT2D eigenvalue weighted by atomic mass is 10.1. The van der Waals surface area contributed by atoms with Crippen LogP contribution in [0.25, 0.3) is 10.9 Å². The molecule has 2 heterocycles. The summed E-state index contributed by atoms with van der Waals surface area (Å²) in [6.07, 6.45) is 1.92. The first kappa shape index (κ1) is 11.6. The Hall–Kier alpha value is -1.45. The first-order valence-corrected chi connectivity index (χ1v) is 6.62. The predicted octanol–water partition coefficient (Wildman–Crippen LogP) is 2.03. The second-order valence-corrected chi connectivity index (χ2v) is 5.01. The second kappa shape index (κ2) is 5.04. The van der Waals surface area contributed by atoms with Crippen LogP contribution in [-0.2, 0) is 6.54 Å². The molecule has 1 aromatic heterocycles. The number of fused-ring (bicyclic) bond motifs is 1. The van der Waals surface area contributed by atoms with Gasteiger partial charge in [0.05, 0.1) is 5.52 Å². The van der Waals surface area contributed by atoms with Crippen LogP contribution in [0.15, 0.2) is 36.5 Å². The molecule has 1 aliphatic heterocycles. The molecule has 1 saturated heterocycles. The fraction of sp³-hybridized carbons (Fsp3) is 0.400. The van der Waals surface area contributed by atoms with Crippen molar-refractivity contribution in [2.45, 2.75) is 19.5 Å². The van der Waals surface area contributed by atoms with E-state index in [0.29, 0.717) is 6.04 Å². The van der Waals surface area contributed by atoms with Gasteiger partial charge in [0.25, 0.3) is 0 Å². The van der Waals surface area contributed by atoms with Crippen LogP contribution in [0.3, 0.4) is 0 Å². The van der Waals surface area contributed by atoms with E-state index in [1.54, 1.807) is 0 Å². The molecule has 1 aliphatic rings. The van der Waals surface area contributed by atoms with Gasteiger partial charge in [0.15, 0.2) is 0 Å². The van der Waals surface area contributed by atoms with Crippen molar-refractivity contribution in [1.29, 1.82) is 0 Å². The van der Waals surface area contributed by atoms with Crippen molar-refractivity contribution in [3.63, 3.8) is 0 Å². The normalized spacial score (nSPS) is 21.3. The molecule has 0 amide bonds. The van der Waals surface area contributed by atoms with E-state index in [0.717, 1.165) is 31.7 Å². The van der Waals surface area contributed by atoms with Gasteiger partial charge in [0.1, 0.15) is 0 Å². The lowest BCUT2D eigenvalue weighted by Gasteiger charge is -2.34. The van der Waals surface area contributed by atoms with Crippen molar-refractivity contribution in [3.05, 3.63) is 42.1 Å². The van der Waals surface area contributed by atoms with E-state index in [1.807, 2.05) is 12.3 Å². The minimum Gasteiger partial charge on any atom is -0.314 e. The highest BCUT2D eigenvalue weighted by molar-refractivity contribution is 5.81. The summed E-state index contributed by atoms with van der Waals surface area (Å²) in [6.45, 7) is 6.61. The summed E-state index contributed by atoms with van der Waals surface area (Å²) in [5, 5.41) is 4.72. The molecule has 0 spiro atoms. The Kier molecular flexibility index (Phi) is 3.26. The maximum atomic E-state index is 4.42. The van der Waals surface area contributed by atoms with Gasteiger partial charge in [-0.2, -0.15) is 0 Å². The highest BCUT2D eigenvalue weighted by Gasteiger charge is 2.18. The Bertz CT molecular complexity index is 533. The van der Waals surface area contributed by atoms with Crippen LogP contribution in [-0.4, -0.2) is 35.6 Å². The van der Waals surface area contributed by atoms with E-state index in [-0.39, 0.29) is 0 Å². The van der Waals surface area contributed by atoms with Crippen LogP contribution in [0.2, 0.25) is 0 Å². The largest absolute Gasteiger partial charge is 0.314 e. The number of rotatable bonds is 2. The van der Waals surface area contributed by atoms with Gasteiger partial charge in [-0.05, 0) is 24.6 Å². The highest BCUT2D eigenvalue weighted by Crippen LogP contribution is 2.19. The molecule has 2 aromatic rings. The zero-order valence-electron chi connectivity index (χ0n) is 10.8. The number of nitrogens with one attached hydrogen (secondary N) is 1. The minimum absolute atomic E-state index is 0.602. The molecule has 3 nitrogen and oxygen atoms in total. The summed E-state index contributed by atoms with van der Waals surface area (Å²) in [6, 6.07) is 11.1. The third-order valence-corrected chi connectivity index (χ3v) is 3.75. The van der Waals surface area contributed by atoms with Crippen molar-refractivity contribution in [1.82, 2.24) is 15.2 Å². The van der Waals surface area contributed by atoms with Crippen LogP contribution < -0.4 is 5.32 Å². The van der Waals surface area contributed by atoms with Crippen LogP contribution >= 0.6 is 0 Å². The first-order chi connectivity index (χ1) is 8.84. The zero-order valence-corrected chi connectivity index (χ0v) is 10.8. The fourth-order valence-electron chi connectivity index (χ4n) is 2.63. The molecule has 1 atom stereocenters. The van der Waals surface area contributed by atoms with Crippen molar-refractivity contribution in [3.8, 4) is 0 Å². The second-order valence-electron chi connectivity index (χ2n) is 5.01. The molecule has 3 rings (SSSR count).